The van der Waals surface area contributed by atoms with Gasteiger partial charge < -0.3 is 0 Å². The van der Waals surface area contributed by atoms with Crippen LogP contribution in [0.5, 0.6) is 0 Å². The van der Waals surface area contributed by atoms with Crippen LogP contribution < -0.4 is 5.56 Å². The minimum absolute atomic E-state index is 0.0284. The summed E-state index contributed by atoms with van der Waals surface area (Å²) in [5.74, 6) is 0. The predicted octanol–water partition coefficient (Wildman–Crippen LogP) is 1.92. The molecule has 3 rings (SSSR count). The Morgan fingerprint density at radius 1 is 1.11 bits per heavy atom. The number of aromatic nitrogens is 1. The first-order valence-electron chi connectivity index (χ1n) is 5.41. The van der Waals surface area contributed by atoms with Gasteiger partial charge in [0.1, 0.15) is 0 Å². The maximum absolute atomic E-state index is 12.3. The third kappa shape index (κ3) is 1.70. The molecule has 0 aliphatic rings. The molecule has 1 aromatic heterocycles. The molecule has 18 heavy (non-hydrogen) atoms. The Kier molecular flexibility index (Phi) is 2.64. The van der Waals surface area contributed by atoms with Crippen LogP contribution in [0.15, 0.2) is 53.3 Å². The van der Waals surface area contributed by atoms with E-state index in [4.69, 9.17) is 5.26 Å². The van der Waals surface area contributed by atoms with Crippen molar-refractivity contribution in [3.8, 4) is 11.8 Å². The summed E-state index contributed by atoms with van der Waals surface area (Å²) in [5.41, 5.74) is 1.41. The second-order valence-electron chi connectivity index (χ2n) is 3.85. The normalized spacial score (nSPS) is 10.4. The third-order valence-corrected chi connectivity index (χ3v) is 5.03. The summed E-state index contributed by atoms with van der Waals surface area (Å²) in [6.45, 7) is 0. The Morgan fingerprint density at radius 2 is 1.94 bits per heavy atom. The van der Waals surface area contributed by atoms with Crippen LogP contribution in [0.25, 0.3) is 15.3 Å². The summed E-state index contributed by atoms with van der Waals surface area (Å²) in [6.07, 6.45) is 0. The van der Waals surface area contributed by atoms with Gasteiger partial charge in [0.25, 0.3) is 0 Å². The first kappa shape index (κ1) is 11.0. The summed E-state index contributed by atoms with van der Waals surface area (Å²) in [4.78, 5) is 12.3. The summed E-state index contributed by atoms with van der Waals surface area (Å²) < 4.78 is 2.86. The van der Waals surface area contributed by atoms with Gasteiger partial charge in [0.2, 0.25) is 0 Å². The molecular formula is C14H8N2OSe. The van der Waals surface area contributed by atoms with Gasteiger partial charge in [-0.3, -0.25) is 0 Å². The fourth-order valence-electron chi connectivity index (χ4n) is 1.84. The van der Waals surface area contributed by atoms with Gasteiger partial charge in [0.15, 0.2) is 0 Å². The molecule has 4 heteroatoms. The topological polar surface area (TPSA) is 45.8 Å². The second-order valence-corrected chi connectivity index (χ2v) is 5.92. The van der Waals surface area contributed by atoms with Crippen LogP contribution in [0.2, 0.25) is 0 Å². The van der Waals surface area contributed by atoms with Crippen LogP contribution >= 0.6 is 0 Å². The molecule has 1 heterocycles. The number of hydrogen-bond donors (Lipinski definition) is 0. The van der Waals surface area contributed by atoms with Crippen LogP contribution in [0.1, 0.15) is 5.56 Å². The fraction of sp³-hybridized carbons (Fsp3) is 0. The van der Waals surface area contributed by atoms with Crippen LogP contribution in [0.3, 0.4) is 0 Å². The maximum atomic E-state index is 12.3. The van der Waals surface area contributed by atoms with Gasteiger partial charge in [-0.1, -0.05) is 0 Å². The molecule has 0 unspecified atom stereocenters. The second kappa shape index (κ2) is 4.30. The Labute approximate surface area is 109 Å². The monoisotopic (exact) mass is 300 g/mol. The standard InChI is InChI=1S/C14H8N2OSe/c15-9-10-4-3-5-11(8-10)16-14(17)12-6-1-2-7-13(12)18-16/h1-8H. The molecule has 86 valence electrons. The Morgan fingerprint density at radius 3 is 2.72 bits per heavy atom. The van der Waals surface area contributed by atoms with Crippen molar-refractivity contribution in [1.82, 2.24) is 3.56 Å². The molecule has 0 bridgehead atoms. The van der Waals surface area contributed by atoms with E-state index in [0.717, 1.165) is 15.3 Å². The van der Waals surface area contributed by atoms with Gasteiger partial charge in [-0.15, -0.1) is 0 Å². The van der Waals surface area contributed by atoms with Crippen molar-refractivity contribution >= 4 is 24.4 Å². The van der Waals surface area contributed by atoms with Crippen LogP contribution in [-0.4, -0.2) is 18.3 Å². The van der Waals surface area contributed by atoms with E-state index >= 15 is 0 Å². The van der Waals surface area contributed by atoms with E-state index in [2.05, 4.69) is 6.07 Å². The molecule has 0 aliphatic carbocycles. The minimum atomic E-state index is -0.0399. The van der Waals surface area contributed by atoms with Crippen molar-refractivity contribution in [2.45, 2.75) is 0 Å². The quantitative estimate of drug-likeness (QED) is 0.644. The first-order chi connectivity index (χ1) is 8.79. The van der Waals surface area contributed by atoms with E-state index in [0.29, 0.717) is 5.56 Å². The average Bonchev–Trinajstić information content (AvgIpc) is 2.77. The summed E-state index contributed by atoms with van der Waals surface area (Å²) in [5, 5.41) is 9.67. The van der Waals surface area contributed by atoms with Crippen molar-refractivity contribution in [2.75, 3.05) is 0 Å². The van der Waals surface area contributed by atoms with Crippen molar-refractivity contribution in [3.63, 3.8) is 0 Å². The van der Waals surface area contributed by atoms with Crippen LogP contribution in [0.4, 0.5) is 0 Å². The predicted molar refractivity (Wildman–Crippen MR) is 71.2 cm³/mol. The van der Waals surface area contributed by atoms with Gasteiger partial charge in [-0.05, 0) is 0 Å². The van der Waals surface area contributed by atoms with Gasteiger partial charge >= 0.3 is 109 Å². The number of nitriles is 1. The molecule has 0 N–H and O–H groups in total. The molecule has 0 spiro atoms. The number of nitrogens with zero attached hydrogens (tertiary/aromatic N) is 2. The number of benzene rings is 2. The summed E-state index contributed by atoms with van der Waals surface area (Å²) in [6, 6.07) is 16.9. The first-order valence-corrected chi connectivity index (χ1v) is 7.03. The molecule has 0 saturated carbocycles. The number of hydrogen-bond acceptors (Lipinski definition) is 2. The van der Waals surface area contributed by atoms with Crippen molar-refractivity contribution < 1.29 is 0 Å². The summed E-state index contributed by atoms with van der Waals surface area (Å²) >= 11 is -0.0399. The molecule has 0 saturated heterocycles. The zero-order valence-electron chi connectivity index (χ0n) is 9.33. The molecule has 0 radical (unpaired) electrons. The van der Waals surface area contributed by atoms with E-state index in [1.165, 1.54) is 0 Å². The molecule has 0 amide bonds. The van der Waals surface area contributed by atoms with Crippen molar-refractivity contribution in [1.29, 1.82) is 5.26 Å². The Bertz CT molecular complexity index is 823. The van der Waals surface area contributed by atoms with E-state index in [1.54, 1.807) is 21.8 Å². The molecule has 2 aromatic carbocycles. The third-order valence-electron chi connectivity index (χ3n) is 2.70. The SMILES string of the molecule is N#Cc1cccc(-n2[se]c3ccccc3c2=O)c1. The zero-order valence-corrected chi connectivity index (χ0v) is 11.0. The van der Waals surface area contributed by atoms with Gasteiger partial charge in [0, 0.05) is 0 Å². The molecular weight excluding hydrogens is 291 g/mol. The molecule has 0 atom stereocenters. The van der Waals surface area contributed by atoms with Gasteiger partial charge in [-0.25, -0.2) is 0 Å². The van der Waals surface area contributed by atoms with Gasteiger partial charge in [0.05, 0.1) is 0 Å². The molecule has 3 aromatic rings. The Hall–Kier alpha value is -2.08. The van der Waals surface area contributed by atoms with Crippen LogP contribution in [-0.2, 0) is 0 Å². The number of rotatable bonds is 1. The molecule has 0 fully saturated rings. The molecule has 0 aliphatic heterocycles. The van der Waals surface area contributed by atoms with Crippen molar-refractivity contribution in [2.24, 2.45) is 0 Å². The fourth-order valence-corrected chi connectivity index (χ4v) is 3.92. The zero-order chi connectivity index (χ0) is 12.5. The average molecular weight is 299 g/mol. The van der Waals surface area contributed by atoms with Crippen molar-refractivity contribution in [3.05, 3.63) is 64.4 Å². The summed E-state index contributed by atoms with van der Waals surface area (Å²) in [7, 11) is 0. The van der Waals surface area contributed by atoms with E-state index in [-0.39, 0.29) is 20.3 Å². The van der Waals surface area contributed by atoms with E-state index < -0.39 is 0 Å². The van der Waals surface area contributed by atoms with Gasteiger partial charge in [-0.2, -0.15) is 0 Å². The van der Waals surface area contributed by atoms with E-state index in [1.807, 2.05) is 30.3 Å². The number of fused-ring (bicyclic) bond motifs is 1. The van der Waals surface area contributed by atoms with E-state index in [9.17, 15) is 4.79 Å². The molecule has 3 nitrogen and oxygen atoms in total. The Balaban J connectivity index is 2.29. The van der Waals surface area contributed by atoms with Crippen LogP contribution in [0, 0.1) is 11.3 Å².